The standard InChI is InChI=1S/C12H13N3O3/c16-11-13-7-4-8-14(13)12(17)15(11)18-9-10-5-2-1-3-6-10/h1-3,5-6H,4,7-9H2. The largest absolute Gasteiger partial charge is 0.400 e. The van der Waals surface area contributed by atoms with Gasteiger partial charge in [-0.2, -0.15) is 0 Å². The van der Waals surface area contributed by atoms with Crippen LogP contribution in [0.25, 0.3) is 0 Å². The first-order valence-electron chi connectivity index (χ1n) is 5.87. The summed E-state index contributed by atoms with van der Waals surface area (Å²) < 4.78 is 3.69. The minimum atomic E-state index is -0.395. The number of aromatic nitrogens is 3. The van der Waals surface area contributed by atoms with Crippen molar-refractivity contribution in [2.24, 2.45) is 0 Å². The number of fused-ring (bicyclic) bond motifs is 1. The maximum absolute atomic E-state index is 11.9. The van der Waals surface area contributed by atoms with Crippen molar-refractivity contribution in [1.29, 1.82) is 0 Å². The van der Waals surface area contributed by atoms with Crippen LogP contribution >= 0.6 is 0 Å². The molecule has 94 valence electrons. The van der Waals surface area contributed by atoms with Crippen LogP contribution in [0, 0.1) is 0 Å². The molecule has 0 aliphatic carbocycles. The molecule has 3 rings (SSSR count). The molecule has 18 heavy (non-hydrogen) atoms. The average molecular weight is 247 g/mol. The summed E-state index contributed by atoms with van der Waals surface area (Å²) in [7, 11) is 0. The number of rotatable bonds is 3. The summed E-state index contributed by atoms with van der Waals surface area (Å²) in [4.78, 5) is 29.1. The van der Waals surface area contributed by atoms with E-state index in [4.69, 9.17) is 4.84 Å². The summed E-state index contributed by atoms with van der Waals surface area (Å²) >= 11 is 0. The van der Waals surface area contributed by atoms with Crippen molar-refractivity contribution in [2.45, 2.75) is 26.1 Å². The van der Waals surface area contributed by atoms with E-state index >= 15 is 0 Å². The second kappa shape index (κ2) is 4.21. The van der Waals surface area contributed by atoms with E-state index in [1.807, 2.05) is 30.3 Å². The maximum atomic E-state index is 11.9. The molecule has 6 nitrogen and oxygen atoms in total. The van der Waals surface area contributed by atoms with Gasteiger partial charge in [-0.15, -0.1) is 0 Å². The highest BCUT2D eigenvalue weighted by molar-refractivity contribution is 5.13. The molecule has 1 aliphatic rings. The topological polar surface area (TPSA) is 58.2 Å². The Morgan fingerprint density at radius 3 is 2.22 bits per heavy atom. The Kier molecular flexibility index (Phi) is 2.55. The van der Waals surface area contributed by atoms with Crippen LogP contribution < -0.4 is 16.2 Å². The van der Waals surface area contributed by atoms with Gasteiger partial charge in [-0.05, 0) is 12.0 Å². The van der Waals surface area contributed by atoms with Crippen molar-refractivity contribution in [2.75, 3.05) is 0 Å². The third-order valence-electron chi connectivity index (χ3n) is 3.02. The predicted octanol–water partition coefficient (Wildman–Crippen LogP) is -0.156. The molecule has 0 spiro atoms. The lowest BCUT2D eigenvalue weighted by atomic mass is 10.2. The van der Waals surface area contributed by atoms with Gasteiger partial charge < -0.3 is 4.84 Å². The van der Waals surface area contributed by atoms with Crippen molar-refractivity contribution in [3.63, 3.8) is 0 Å². The molecule has 2 heterocycles. The second-order valence-corrected chi connectivity index (χ2v) is 4.22. The Balaban J connectivity index is 1.87. The van der Waals surface area contributed by atoms with Gasteiger partial charge in [0.25, 0.3) is 0 Å². The summed E-state index contributed by atoms with van der Waals surface area (Å²) in [5.41, 5.74) is 0.127. The first-order chi connectivity index (χ1) is 8.77. The van der Waals surface area contributed by atoms with Gasteiger partial charge >= 0.3 is 11.4 Å². The molecule has 0 fully saturated rings. The van der Waals surface area contributed by atoms with Crippen LogP contribution in [-0.4, -0.2) is 14.1 Å². The van der Waals surface area contributed by atoms with Crippen LogP contribution in [0.2, 0.25) is 0 Å². The highest BCUT2D eigenvalue weighted by Crippen LogP contribution is 2.00. The predicted molar refractivity (Wildman–Crippen MR) is 64.3 cm³/mol. The molecule has 0 radical (unpaired) electrons. The van der Waals surface area contributed by atoms with E-state index in [9.17, 15) is 9.59 Å². The zero-order chi connectivity index (χ0) is 12.5. The quantitative estimate of drug-likeness (QED) is 0.757. The number of nitrogens with zero attached hydrogens (tertiary/aromatic N) is 3. The maximum Gasteiger partial charge on any atom is 0.380 e. The molecule has 1 aliphatic heterocycles. The molecule has 2 aromatic rings. The fourth-order valence-electron chi connectivity index (χ4n) is 2.12. The Morgan fingerprint density at radius 2 is 1.61 bits per heavy atom. The van der Waals surface area contributed by atoms with E-state index in [1.54, 1.807) is 0 Å². The molecule has 1 aromatic heterocycles. The molecule has 0 bridgehead atoms. The highest BCUT2D eigenvalue weighted by Gasteiger charge is 2.20. The summed E-state index contributed by atoms with van der Waals surface area (Å²) in [6.07, 6.45) is 0.823. The van der Waals surface area contributed by atoms with Crippen molar-refractivity contribution in [1.82, 2.24) is 14.1 Å². The summed E-state index contributed by atoms with van der Waals surface area (Å²) in [5.74, 6) is 0. The fourth-order valence-corrected chi connectivity index (χ4v) is 2.12. The van der Waals surface area contributed by atoms with Gasteiger partial charge in [-0.25, -0.2) is 19.0 Å². The zero-order valence-corrected chi connectivity index (χ0v) is 9.78. The average Bonchev–Trinajstić information content (AvgIpc) is 2.95. The summed E-state index contributed by atoms with van der Waals surface area (Å²) in [6, 6.07) is 9.43. The highest BCUT2D eigenvalue weighted by atomic mass is 16.7. The molecule has 0 amide bonds. The van der Waals surface area contributed by atoms with Crippen molar-refractivity contribution < 1.29 is 4.84 Å². The number of hydrogen-bond donors (Lipinski definition) is 0. The Labute approximate surface area is 103 Å². The summed E-state index contributed by atoms with van der Waals surface area (Å²) in [6.45, 7) is 1.37. The zero-order valence-electron chi connectivity index (χ0n) is 9.78. The van der Waals surface area contributed by atoms with Gasteiger partial charge in [0.05, 0.1) is 0 Å². The van der Waals surface area contributed by atoms with E-state index < -0.39 is 11.4 Å². The van der Waals surface area contributed by atoms with Crippen LogP contribution in [0.3, 0.4) is 0 Å². The molecule has 0 N–H and O–H groups in total. The van der Waals surface area contributed by atoms with Crippen molar-refractivity contribution in [3.8, 4) is 0 Å². The third kappa shape index (κ3) is 1.66. The van der Waals surface area contributed by atoms with E-state index in [0.717, 1.165) is 16.7 Å². The van der Waals surface area contributed by atoms with Gasteiger partial charge in [0, 0.05) is 13.1 Å². The lowest BCUT2D eigenvalue weighted by molar-refractivity contribution is 0.0799. The van der Waals surface area contributed by atoms with Crippen molar-refractivity contribution in [3.05, 3.63) is 56.9 Å². The van der Waals surface area contributed by atoms with E-state index in [0.29, 0.717) is 13.1 Å². The van der Waals surface area contributed by atoms with Gasteiger partial charge in [-0.1, -0.05) is 35.1 Å². The van der Waals surface area contributed by atoms with Crippen LogP contribution in [0.5, 0.6) is 0 Å². The Bertz CT molecular complexity index is 631. The van der Waals surface area contributed by atoms with Crippen LogP contribution in [0.1, 0.15) is 12.0 Å². The van der Waals surface area contributed by atoms with E-state index in [-0.39, 0.29) is 6.61 Å². The van der Waals surface area contributed by atoms with Crippen LogP contribution in [0.15, 0.2) is 39.9 Å². The summed E-state index contributed by atoms with van der Waals surface area (Å²) in [5, 5.41) is 0. The Morgan fingerprint density at radius 1 is 1.00 bits per heavy atom. The third-order valence-corrected chi connectivity index (χ3v) is 3.02. The van der Waals surface area contributed by atoms with E-state index in [1.165, 1.54) is 9.36 Å². The lowest BCUT2D eigenvalue weighted by Gasteiger charge is -2.03. The second-order valence-electron chi connectivity index (χ2n) is 4.22. The minimum Gasteiger partial charge on any atom is -0.400 e. The first kappa shape index (κ1) is 10.9. The molecule has 0 saturated heterocycles. The molecule has 6 heteroatoms. The van der Waals surface area contributed by atoms with Crippen LogP contribution in [0.4, 0.5) is 0 Å². The monoisotopic (exact) mass is 247 g/mol. The number of benzene rings is 1. The van der Waals surface area contributed by atoms with Gasteiger partial charge in [0.2, 0.25) is 0 Å². The smallest absolute Gasteiger partial charge is 0.380 e. The molecule has 0 unspecified atom stereocenters. The van der Waals surface area contributed by atoms with Crippen LogP contribution in [-0.2, 0) is 19.7 Å². The normalized spacial score (nSPS) is 13.6. The fraction of sp³-hybridized carbons (Fsp3) is 0.333. The number of hydrogen-bond acceptors (Lipinski definition) is 3. The molecule has 0 saturated carbocycles. The Hall–Kier alpha value is -2.24. The lowest BCUT2D eigenvalue weighted by Crippen LogP contribution is -2.35. The van der Waals surface area contributed by atoms with Gasteiger partial charge in [-0.3, -0.25) is 0 Å². The minimum absolute atomic E-state index is 0.208. The van der Waals surface area contributed by atoms with Gasteiger partial charge in [0.1, 0.15) is 6.61 Å². The first-order valence-corrected chi connectivity index (χ1v) is 5.87. The molecular weight excluding hydrogens is 234 g/mol. The molecular formula is C12H13N3O3. The van der Waals surface area contributed by atoms with Gasteiger partial charge in [0.15, 0.2) is 0 Å². The SMILES string of the molecule is O=c1n(OCc2ccccc2)c(=O)n2n1CCC2. The van der Waals surface area contributed by atoms with Crippen molar-refractivity contribution >= 4 is 0 Å². The molecule has 1 aromatic carbocycles. The van der Waals surface area contributed by atoms with E-state index in [2.05, 4.69) is 0 Å². The molecule has 0 atom stereocenters.